The number of nitrogens with zero attached hydrogens (tertiary/aromatic N) is 2. The van der Waals surface area contributed by atoms with Gasteiger partial charge in [-0.25, -0.2) is 13.9 Å². The van der Waals surface area contributed by atoms with Crippen LogP contribution in [0, 0.1) is 0 Å². The number of rotatable bonds is 13. The lowest BCUT2D eigenvalue weighted by Gasteiger charge is -2.21. The van der Waals surface area contributed by atoms with Crippen molar-refractivity contribution in [1.29, 1.82) is 0 Å². The number of nitrogens with two attached hydrogens (primary N) is 1. The predicted octanol–water partition coefficient (Wildman–Crippen LogP) is -1.53. The summed E-state index contributed by atoms with van der Waals surface area (Å²) in [4.78, 5) is 63.9. The van der Waals surface area contributed by atoms with Crippen molar-refractivity contribution in [3.63, 3.8) is 0 Å². The van der Waals surface area contributed by atoms with E-state index in [1.807, 2.05) is 6.26 Å². The Labute approximate surface area is 203 Å². The molecular weight excluding hydrogens is 534 g/mol. The van der Waals surface area contributed by atoms with Gasteiger partial charge < -0.3 is 40.5 Å². The smallest absolute Gasteiger partial charge is 0.386 e. The molecule has 2 unspecified atom stereocenters. The first kappa shape index (κ1) is 29.9. The fraction of sp³-hybridized carbons (Fsp3) is 0.688. The van der Waals surface area contributed by atoms with Crippen LogP contribution in [0.2, 0.25) is 0 Å². The van der Waals surface area contributed by atoms with Crippen molar-refractivity contribution >= 4 is 39.1 Å². The highest BCUT2D eigenvalue weighted by Crippen LogP contribution is 2.45. The number of hydrogen-bond donors (Lipinski definition) is 7. The highest BCUT2D eigenvalue weighted by molar-refractivity contribution is 7.98. The molecule has 0 saturated carbocycles. The molecule has 1 aromatic heterocycles. The Morgan fingerprint density at radius 3 is 2.60 bits per heavy atom. The first-order valence-corrected chi connectivity index (χ1v) is 14.6. The van der Waals surface area contributed by atoms with Gasteiger partial charge in [-0.3, -0.25) is 18.4 Å². The molecule has 0 aromatic carbocycles. The number of aliphatic hydroxyl groups excluding tert-OH is 1. The quantitative estimate of drug-likeness (QED) is 0.106. The molecule has 0 radical (unpaired) electrons. The molecule has 1 saturated heterocycles. The largest absolute Gasteiger partial charge is 0.470 e. The summed E-state index contributed by atoms with van der Waals surface area (Å²) in [5.74, 6) is 0.471. The van der Waals surface area contributed by atoms with E-state index in [9.17, 15) is 23.8 Å². The van der Waals surface area contributed by atoms with E-state index in [1.165, 1.54) is 6.20 Å². The molecule has 1 aliphatic rings. The van der Waals surface area contributed by atoms with Crippen LogP contribution in [0.15, 0.2) is 11.0 Å². The number of carbonyl (C=O) groups is 1. The van der Waals surface area contributed by atoms with Crippen LogP contribution in [0.1, 0.15) is 24.6 Å². The number of nitrogens with one attached hydrogen (secondary N) is 1. The molecule has 1 fully saturated rings. The van der Waals surface area contributed by atoms with Gasteiger partial charge in [0.2, 0.25) is 5.91 Å². The third-order valence-electron chi connectivity index (χ3n) is 4.79. The number of aliphatic hydroxyl groups is 1. The van der Waals surface area contributed by atoms with Crippen molar-refractivity contribution in [2.75, 3.05) is 30.9 Å². The van der Waals surface area contributed by atoms with Gasteiger partial charge in [-0.15, -0.1) is 0 Å². The maximum Gasteiger partial charge on any atom is 0.470 e. The standard InChI is InChI=1S/C16H28N4O12P2S/c1-35-6-4-11(21)18-5-2-3-9-7-20(16(23)19-14(9)17)15-12(22)13(32-34(27,28)29)10(31-15)8-30-33(24,25)26/h7,10,12-13,15,22H,2-6,8H2,1H3,(H,18,21)(H2,17,19,23)(H2,24,25,26)(H2,27,28,29)/t10-,12?,13?,15-/m1/s1. The van der Waals surface area contributed by atoms with Gasteiger partial charge in [-0.2, -0.15) is 16.7 Å². The monoisotopic (exact) mass is 562 g/mol. The molecule has 2 heterocycles. The van der Waals surface area contributed by atoms with E-state index in [1.54, 1.807) is 11.8 Å². The average molecular weight is 562 g/mol. The molecule has 8 N–H and O–H groups in total. The number of phosphoric ester groups is 2. The van der Waals surface area contributed by atoms with Crippen LogP contribution in [0.4, 0.5) is 5.82 Å². The number of ether oxygens (including phenoxy) is 1. The SMILES string of the molecule is CSCCC(=O)NCCCc1cn([C@@H]2O[C@H](COP(=O)(O)O)C(OP(=O)(O)O)C2O)c(=O)nc1N. The molecule has 0 spiro atoms. The topological polar surface area (TPSA) is 253 Å². The van der Waals surface area contributed by atoms with Crippen LogP contribution >= 0.6 is 27.4 Å². The number of phosphoric acid groups is 2. The van der Waals surface area contributed by atoms with Gasteiger partial charge in [0, 0.05) is 30.5 Å². The number of carbonyl (C=O) groups excluding carboxylic acids is 1. The second-order valence-electron chi connectivity index (χ2n) is 7.44. The van der Waals surface area contributed by atoms with Crippen LogP contribution in [0.25, 0.3) is 0 Å². The number of aryl methyl sites for hydroxylation is 1. The van der Waals surface area contributed by atoms with Crippen molar-refractivity contribution < 1.29 is 52.4 Å². The summed E-state index contributed by atoms with van der Waals surface area (Å²) < 4.78 is 37.4. The third kappa shape index (κ3) is 9.55. The van der Waals surface area contributed by atoms with Crippen LogP contribution in [0.3, 0.4) is 0 Å². The molecule has 0 bridgehead atoms. The van der Waals surface area contributed by atoms with Crippen molar-refractivity contribution in [2.45, 2.75) is 43.8 Å². The lowest BCUT2D eigenvalue weighted by atomic mass is 10.1. The van der Waals surface area contributed by atoms with E-state index in [2.05, 4.69) is 19.3 Å². The molecule has 35 heavy (non-hydrogen) atoms. The first-order chi connectivity index (χ1) is 16.2. The lowest BCUT2D eigenvalue weighted by Crippen LogP contribution is -2.38. The van der Waals surface area contributed by atoms with Crippen LogP contribution in [-0.4, -0.2) is 83.6 Å². The summed E-state index contributed by atoms with van der Waals surface area (Å²) >= 11 is 1.54. The Hall–Kier alpha value is -1.36. The molecule has 1 aliphatic heterocycles. The van der Waals surface area contributed by atoms with Gasteiger partial charge in [0.25, 0.3) is 0 Å². The molecule has 2 rings (SSSR count). The minimum absolute atomic E-state index is 0.100. The summed E-state index contributed by atoms with van der Waals surface area (Å²) in [5.41, 5.74) is 5.21. The average Bonchev–Trinajstić information content (AvgIpc) is 3.03. The van der Waals surface area contributed by atoms with Crippen LogP contribution in [0.5, 0.6) is 0 Å². The molecule has 0 aliphatic carbocycles. The molecule has 1 aromatic rings. The van der Waals surface area contributed by atoms with Gasteiger partial charge in [0.15, 0.2) is 6.23 Å². The maximum atomic E-state index is 12.4. The maximum absolute atomic E-state index is 12.4. The van der Waals surface area contributed by atoms with E-state index in [4.69, 9.17) is 30.0 Å². The van der Waals surface area contributed by atoms with Gasteiger partial charge in [0.1, 0.15) is 24.1 Å². The molecule has 1 amide bonds. The van der Waals surface area contributed by atoms with Gasteiger partial charge in [-0.05, 0) is 19.1 Å². The Bertz CT molecular complexity index is 1030. The molecule has 4 atom stereocenters. The van der Waals surface area contributed by atoms with Crippen molar-refractivity contribution in [3.05, 3.63) is 22.2 Å². The number of hydrogen-bond acceptors (Lipinski definition) is 11. The van der Waals surface area contributed by atoms with E-state index < -0.39 is 52.5 Å². The third-order valence-corrected chi connectivity index (χ3v) is 6.40. The minimum Gasteiger partial charge on any atom is -0.386 e. The number of amides is 1. The first-order valence-electron chi connectivity index (χ1n) is 10.1. The predicted molar refractivity (Wildman–Crippen MR) is 122 cm³/mol. The Kier molecular flexibility index (Phi) is 10.9. The molecule has 200 valence electrons. The van der Waals surface area contributed by atoms with Crippen molar-refractivity contribution in [2.24, 2.45) is 0 Å². The summed E-state index contributed by atoms with van der Waals surface area (Å²) in [6, 6.07) is 0. The zero-order valence-corrected chi connectivity index (χ0v) is 21.1. The lowest BCUT2D eigenvalue weighted by molar-refractivity contribution is -0.120. The zero-order chi connectivity index (χ0) is 26.4. The highest BCUT2D eigenvalue weighted by Gasteiger charge is 2.49. The number of thioether (sulfide) groups is 1. The van der Waals surface area contributed by atoms with Gasteiger partial charge >= 0.3 is 21.3 Å². The second-order valence-corrected chi connectivity index (χ2v) is 10.9. The van der Waals surface area contributed by atoms with E-state index in [0.29, 0.717) is 30.7 Å². The Morgan fingerprint density at radius 1 is 1.31 bits per heavy atom. The number of nitrogen functional groups attached to an aromatic ring is 1. The van der Waals surface area contributed by atoms with Crippen molar-refractivity contribution in [3.8, 4) is 0 Å². The van der Waals surface area contributed by atoms with E-state index in [0.717, 1.165) is 4.57 Å². The summed E-state index contributed by atoms with van der Waals surface area (Å²) in [6.45, 7) is -0.586. The molecule has 16 nitrogen and oxygen atoms in total. The summed E-state index contributed by atoms with van der Waals surface area (Å²) in [6.07, 6.45) is -2.63. The number of aromatic nitrogens is 2. The van der Waals surface area contributed by atoms with E-state index >= 15 is 0 Å². The van der Waals surface area contributed by atoms with Crippen LogP contribution in [-0.2, 0) is 34.1 Å². The Morgan fingerprint density at radius 2 is 2.00 bits per heavy atom. The summed E-state index contributed by atoms with van der Waals surface area (Å²) in [7, 11) is -10.2. The molecular formula is C16H28N4O12P2S. The fourth-order valence-electron chi connectivity index (χ4n) is 3.23. The van der Waals surface area contributed by atoms with Gasteiger partial charge in [-0.1, -0.05) is 0 Å². The highest BCUT2D eigenvalue weighted by atomic mass is 32.2. The van der Waals surface area contributed by atoms with E-state index in [-0.39, 0.29) is 18.1 Å². The normalized spacial score (nSPS) is 22.9. The molecule has 19 heteroatoms. The summed E-state index contributed by atoms with van der Waals surface area (Å²) in [5, 5.41) is 13.3. The minimum atomic E-state index is -5.18. The number of anilines is 1. The fourth-order valence-corrected chi connectivity index (χ4v) is 4.54. The van der Waals surface area contributed by atoms with Crippen molar-refractivity contribution in [1.82, 2.24) is 14.9 Å². The second kappa shape index (κ2) is 12.7. The van der Waals surface area contributed by atoms with Gasteiger partial charge in [0.05, 0.1) is 6.61 Å². The zero-order valence-electron chi connectivity index (χ0n) is 18.5. The van der Waals surface area contributed by atoms with Crippen LogP contribution < -0.4 is 16.7 Å². The Balaban J connectivity index is 2.18.